The molecule has 1 aliphatic heterocycles. The lowest BCUT2D eigenvalue weighted by atomic mass is 10.1. The summed E-state index contributed by atoms with van der Waals surface area (Å²) in [5.74, 6) is -0.674. The zero-order valence-electron chi connectivity index (χ0n) is 15.6. The predicted molar refractivity (Wildman–Crippen MR) is 98.5 cm³/mol. The second-order valence-electron chi connectivity index (χ2n) is 6.65. The van der Waals surface area contributed by atoms with Gasteiger partial charge in [0, 0.05) is 50.6 Å². The Hall–Kier alpha value is -2.74. The SMILES string of the molecule is CNC(C(=O)N1CCCN(C(=O)c2cccc(F)c2)CC1)c1cnn(C)c1. The van der Waals surface area contributed by atoms with E-state index >= 15 is 0 Å². The molecule has 8 heteroatoms. The number of hydrogen-bond acceptors (Lipinski definition) is 4. The van der Waals surface area contributed by atoms with Crippen LogP contribution in [0.15, 0.2) is 36.7 Å². The first-order valence-electron chi connectivity index (χ1n) is 8.99. The number of aromatic nitrogens is 2. The number of nitrogens with one attached hydrogen (secondary N) is 1. The van der Waals surface area contributed by atoms with E-state index in [-0.39, 0.29) is 11.8 Å². The Morgan fingerprint density at radius 1 is 1.19 bits per heavy atom. The number of carbonyl (C=O) groups is 2. The molecule has 2 heterocycles. The van der Waals surface area contributed by atoms with Crippen LogP contribution < -0.4 is 5.32 Å². The molecule has 0 aliphatic carbocycles. The van der Waals surface area contributed by atoms with Gasteiger partial charge in [-0.1, -0.05) is 6.07 Å². The molecular weight excluding hydrogens is 349 g/mol. The van der Waals surface area contributed by atoms with Crippen LogP contribution in [0.5, 0.6) is 0 Å². The molecule has 1 N–H and O–H groups in total. The minimum atomic E-state index is -0.468. The lowest BCUT2D eigenvalue weighted by Crippen LogP contribution is -2.42. The molecule has 0 bridgehead atoms. The molecule has 1 fully saturated rings. The van der Waals surface area contributed by atoms with Gasteiger partial charge in [0.1, 0.15) is 11.9 Å². The highest BCUT2D eigenvalue weighted by atomic mass is 19.1. The third-order valence-corrected chi connectivity index (χ3v) is 4.76. The Morgan fingerprint density at radius 3 is 2.59 bits per heavy atom. The van der Waals surface area contributed by atoms with Gasteiger partial charge in [-0.25, -0.2) is 4.39 Å². The van der Waals surface area contributed by atoms with Crippen molar-refractivity contribution in [1.29, 1.82) is 0 Å². The van der Waals surface area contributed by atoms with Gasteiger partial charge < -0.3 is 15.1 Å². The second-order valence-corrected chi connectivity index (χ2v) is 6.65. The minimum absolute atomic E-state index is 0.0365. The molecule has 1 saturated heterocycles. The molecule has 2 amide bonds. The predicted octanol–water partition coefficient (Wildman–Crippen LogP) is 1.19. The molecule has 27 heavy (non-hydrogen) atoms. The van der Waals surface area contributed by atoms with Gasteiger partial charge >= 0.3 is 0 Å². The third kappa shape index (κ3) is 4.33. The van der Waals surface area contributed by atoms with Crippen LogP contribution in [0.25, 0.3) is 0 Å². The number of halogens is 1. The van der Waals surface area contributed by atoms with Crippen molar-refractivity contribution in [2.75, 3.05) is 33.2 Å². The first-order valence-corrected chi connectivity index (χ1v) is 8.99. The fraction of sp³-hybridized carbons (Fsp3) is 0.421. The first kappa shape index (κ1) is 19.0. The standard InChI is InChI=1S/C19H24FN5O2/c1-21-17(15-12-22-23(2)13-15)19(27)25-8-4-7-24(9-10-25)18(26)14-5-3-6-16(20)11-14/h3,5-6,11-13,17,21H,4,7-10H2,1-2H3. The number of carbonyl (C=O) groups excluding carboxylic acids is 2. The van der Waals surface area contributed by atoms with Gasteiger partial charge in [-0.3, -0.25) is 14.3 Å². The van der Waals surface area contributed by atoms with Gasteiger partial charge in [-0.2, -0.15) is 5.10 Å². The summed E-state index contributed by atoms with van der Waals surface area (Å²) < 4.78 is 15.1. The van der Waals surface area contributed by atoms with Gasteiger partial charge in [0.25, 0.3) is 5.91 Å². The van der Waals surface area contributed by atoms with Gasteiger partial charge in [0.2, 0.25) is 5.91 Å². The maximum atomic E-state index is 13.4. The molecule has 3 rings (SSSR count). The number of nitrogens with zero attached hydrogens (tertiary/aromatic N) is 4. The highest BCUT2D eigenvalue weighted by molar-refractivity contribution is 5.94. The highest BCUT2D eigenvalue weighted by Gasteiger charge is 2.28. The van der Waals surface area contributed by atoms with E-state index in [0.29, 0.717) is 38.2 Å². The number of aryl methyl sites for hydroxylation is 1. The summed E-state index contributed by atoms with van der Waals surface area (Å²) in [7, 11) is 3.55. The molecule has 1 unspecified atom stereocenters. The Balaban J connectivity index is 1.67. The molecule has 1 aromatic carbocycles. The minimum Gasteiger partial charge on any atom is -0.339 e. The van der Waals surface area contributed by atoms with E-state index < -0.39 is 11.9 Å². The quantitative estimate of drug-likeness (QED) is 0.874. The Morgan fingerprint density at radius 2 is 1.93 bits per heavy atom. The smallest absolute Gasteiger partial charge is 0.254 e. The summed E-state index contributed by atoms with van der Waals surface area (Å²) in [6.07, 6.45) is 4.17. The maximum absolute atomic E-state index is 13.4. The first-order chi connectivity index (χ1) is 13.0. The third-order valence-electron chi connectivity index (χ3n) is 4.76. The van der Waals surface area contributed by atoms with Crippen LogP contribution in [-0.4, -0.2) is 64.6 Å². The average molecular weight is 373 g/mol. The number of likely N-dealkylation sites (N-methyl/N-ethyl adjacent to an activating group) is 1. The Labute approximate surface area is 157 Å². The fourth-order valence-corrected chi connectivity index (χ4v) is 3.35. The van der Waals surface area contributed by atoms with Crippen LogP contribution in [0, 0.1) is 5.82 Å². The lowest BCUT2D eigenvalue weighted by molar-refractivity contribution is -0.133. The molecule has 0 spiro atoms. The van der Waals surface area contributed by atoms with E-state index in [1.165, 1.54) is 18.2 Å². The van der Waals surface area contributed by atoms with Gasteiger partial charge in [-0.05, 0) is 31.7 Å². The fourth-order valence-electron chi connectivity index (χ4n) is 3.35. The maximum Gasteiger partial charge on any atom is 0.254 e. The van der Waals surface area contributed by atoms with E-state index in [1.807, 2.05) is 13.2 Å². The molecule has 2 aromatic rings. The zero-order valence-corrected chi connectivity index (χ0v) is 15.6. The molecular formula is C19H24FN5O2. The second kappa shape index (κ2) is 8.30. The molecule has 144 valence electrons. The van der Waals surface area contributed by atoms with Crippen LogP contribution in [0.2, 0.25) is 0 Å². The summed E-state index contributed by atoms with van der Waals surface area (Å²) >= 11 is 0. The molecule has 0 saturated carbocycles. The van der Waals surface area contributed by atoms with Crippen molar-refractivity contribution in [1.82, 2.24) is 24.9 Å². The van der Waals surface area contributed by atoms with E-state index in [4.69, 9.17) is 0 Å². The van der Waals surface area contributed by atoms with Crippen LogP contribution in [0.3, 0.4) is 0 Å². The van der Waals surface area contributed by atoms with E-state index in [9.17, 15) is 14.0 Å². The van der Waals surface area contributed by atoms with Crippen molar-refractivity contribution in [3.63, 3.8) is 0 Å². The van der Waals surface area contributed by atoms with Gasteiger partial charge in [0.05, 0.1) is 6.20 Å². The largest absolute Gasteiger partial charge is 0.339 e. The summed E-state index contributed by atoms with van der Waals surface area (Å²) in [5, 5.41) is 7.18. The number of rotatable bonds is 4. The topological polar surface area (TPSA) is 70.5 Å². The Bertz CT molecular complexity index is 822. The van der Waals surface area contributed by atoms with E-state index in [0.717, 1.165) is 5.56 Å². The van der Waals surface area contributed by atoms with Gasteiger partial charge in [0.15, 0.2) is 0 Å². The summed E-state index contributed by atoms with van der Waals surface area (Å²) in [5.41, 5.74) is 1.14. The van der Waals surface area contributed by atoms with E-state index in [2.05, 4.69) is 10.4 Å². The molecule has 1 aliphatic rings. The highest BCUT2D eigenvalue weighted by Crippen LogP contribution is 2.17. The van der Waals surface area contributed by atoms with Crippen molar-refractivity contribution in [2.24, 2.45) is 7.05 Å². The molecule has 1 aromatic heterocycles. The number of amides is 2. The van der Waals surface area contributed by atoms with Crippen LogP contribution in [-0.2, 0) is 11.8 Å². The van der Waals surface area contributed by atoms with Crippen molar-refractivity contribution < 1.29 is 14.0 Å². The Kier molecular flexibility index (Phi) is 5.85. The molecule has 1 atom stereocenters. The normalized spacial score (nSPS) is 16.1. The number of hydrogen-bond donors (Lipinski definition) is 1. The average Bonchev–Trinajstić information content (AvgIpc) is 2.93. The summed E-state index contributed by atoms with van der Waals surface area (Å²) in [4.78, 5) is 29.0. The summed E-state index contributed by atoms with van der Waals surface area (Å²) in [6.45, 7) is 1.98. The molecule has 0 radical (unpaired) electrons. The van der Waals surface area contributed by atoms with Gasteiger partial charge in [-0.15, -0.1) is 0 Å². The number of benzene rings is 1. The van der Waals surface area contributed by atoms with Crippen LogP contribution in [0.4, 0.5) is 4.39 Å². The monoisotopic (exact) mass is 373 g/mol. The van der Waals surface area contributed by atoms with Crippen molar-refractivity contribution >= 4 is 11.8 Å². The van der Waals surface area contributed by atoms with Crippen LogP contribution in [0.1, 0.15) is 28.4 Å². The molecule has 7 nitrogen and oxygen atoms in total. The van der Waals surface area contributed by atoms with E-state index in [1.54, 1.807) is 33.8 Å². The van der Waals surface area contributed by atoms with Crippen molar-refractivity contribution in [3.8, 4) is 0 Å². The lowest BCUT2D eigenvalue weighted by Gasteiger charge is -2.26. The van der Waals surface area contributed by atoms with Crippen LogP contribution >= 0.6 is 0 Å². The van der Waals surface area contributed by atoms with Crippen molar-refractivity contribution in [3.05, 3.63) is 53.6 Å². The van der Waals surface area contributed by atoms with Crippen molar-refractivity contribution in [2.45, 2.75) is 12.5 Å². The summed E-state index contributed by atoms with van der Waals surface area (Å²) in [6, 6.07) is 5.23. The zero-order chi connectivity index (χ0) is 19.4.